The Labute approximate surface area is 122 Å². The number of thioether (sulfide) groups is 1. The van der Waals surface area contributed by atoms with E-state index in [2.05, 4.69) is 10.1 Å². The van der Waals surface area contributed by atoms with Gasteiger partial charge in [-0.2, -0.15) is 16.7 Å². The Bertz CT molecular complexity index is 565. The number of hydrogen-bond acceptors (Lipinski definition) is 5. The van der Waals surface area contributed by atoms with Crippen molar-refractivity contribution >= 4 is 11.8 Å². The quantitative estimate of drug-likeness (QED) is 0.912. The third-order valence-corrected chi connectivity index (χ3v) is 4.89. The molecule has 1 aromatic heterocycles. The summed E-state index contributed by atoms with van der Waals surface area (Å²) in [6, 6.07) is 7.13. The van der Waals surface area contributed by atoms with Gasteiger partial charge in [-0.05, 0) is 30.5 Å². The molecule has 1 heterocycles. The topological polar surface area (TPSA) is 59.2 Å². The molecule has 3 rings (SSSR count). The maximum Gasteiger partial charge on any atom is 0.231 e. The van der Waals surface area contributed by atoms with Crippen molar-refractivity contribution in [1.82, 2.24) is 10.1 Å². The first-order valence-electron chi connectivity index (χ1n) is 7.00. The number of rotatable bonds is 5. The predicted molar refractivity (Wildman–Crippen MR) is 78.8 cm³/mol. The lowest BCUT2D eigenvalue weighted by Gasteiger charge is -2.04. The summed E-state index contributed by atoms with van der Waals surface area (Å²) in [7, 11) is 0. The number of nitrogens with zero attached hydrogens (tertiary/aromatic N) is 2. The van der Waals surface area contributed by atoms with Crippen LogP contribution in [0.3, 0.4) is 0 Å². The summed E-state index contributed by atoms with van der Waals surface area (Å²) in [6.45, 7) is 0. The van der Waals surface area contributed by atoms with E-state index in [1.165, 1.54) is 25.7 Å². The molecule has 0 atom stereocenters. The Balaban J connectivity index is 1.56. The molecule has 0 amide bonds. The van der Waals surface area contributed by atoms with Crippen LogP contribution in [0.2, 0.25) is 0 Å². The van der Waals surface area contributed by atoms with Crippen LogP contribution in [-0.4, -0.2) is 20.5 Å². The molecule has 20 heavy (non-hydrogen) atoms. The number of aromatic nitrogens is 2. The summed E-state index contributed by atoms with van der Waals surface area (Å²) < 4.78 is 5.27. The molecular weight excluding hydrogens is 272 g/mol. The van der Waals surface area contributed by atoms with Crippen LogP contribution in [0.4, 0.5) is 0 Å². The molecule has 0 unspecified atom stereocenters. The third kappa shape index (κ3) is 3.54. The lowest BCUT2D eigenvalue weighted by molar-refractivity contribution is 0.380. The average Bonchev–Trinajstić information content (AvgIpc) is 3.07. The Morgan fingerprint density at radius 2 is 2.15 bits per heavy atom. The first-order chi connectivity index (χ1) is 9.79. The zero-order valence-corrected chi connectivity index (χ0v) is 12.1. The van der Waals surface area contributed by atoms with Gasteiger partial charge in [0.05, 0.1) is 12.2 Å². The highest BCUT2D eigenvalue weighted by molar-refractivity contribution is 7.99. The zero-order chi connectivity index (χ0) is 13.8. The molecule has 0 spiro atoms. The minimum Gasteiger partial charge on any atom is -0.508 e. The van der Waals surface area contributed by atoms with Gasteiger partial charge in [-0.25, -0.2) is 0 Å². The van der Waals surface area contributed by atoms with Crippen LogP contribution in [0.1, 0.15) is 43.0 Å². The summed E-state index contributed by atoms with van der Waals surface area (Å²) in [5, 5.41) is 14.2. The first-order valence-corrected chi connectivity index (χ1v) is 8.05. The van der Waals surface area contributed by atoms with E-state index in [0.717, 1.165) is 22.4 Å². The summed E-state index contributed by atoms with van der Waals surface area (Å²) in [4.78, 5) is 4.42. The molecule has 5 heteroatoms. The van der Waals surface area contributed by atoms with E-state index in [0.29, 0.717) is 12.3 Å². The zero-order valence-electron chi connectivity index (χ0n) is 11.3. The van der Waals surface area contributed by atoms with Crippen LogP contribution in [0.5, 0.6) is 5.75 Å². The largest absolute Gasteiger partial charge is 0.508 e. The lowest BCUT2D eigenvalue weighted by atomic mass is 10.1. The monoisotopic (exact) mass is 290 g/mol. The molecule has 2 aromatic rings. The molecule has 1 fully saturated rings. The normalized spacial score (nSPS) is 15.8. The highest BCUT2D eigenvalue weighted by Crippen LogP contribution is 2.31. The van der Waals surface area contributed by atoms with Crippen molar-refractivity contribution in [2.75, 3.05) is 0 Å². The molecule has 0 bridgehead atoms. The van der Waals surface area contributed by atoms with Gasteiger partial charge in [0.2, 0.25) is 5.89 Å². The Morgan fingerprint density at radius 1 is 1.30 bits per heavy atom. The Hall–Kier alpha value is -1.49. The number of aromatic hydroxyl groups is 1. The van der Waals surface area contributed by atoms with E-state index >= 15 is 0 Å². The van der Waals surface area contributed by atoms with Crippen LogP contribution in [0.15, 0.2) is 28.8 Å². The van der Waals surface area contributed by atoms with Crippen molar-refractivity contribution in [2.24, 2.45) is 0 Å². The van der Waals surface area contributed by atoms with Gasteiger partial charge in [0, 0.05) is 5.25 Å². The van der Waals surface area contributed by atoms with E-state index in [-0.39, 0.29) is 5.75 Å². The van der Waals surface area contributed by atoms with Crippen molar-refractivity contribution in [3.8, 4) is 5.75 Å². The molecule has 1 saturated carbocycles. The summed E-state index contributed by atoms with van der Waals surface area (Å²) in [6.07, 6.45) is 5.91. The molecule has 1 aromatic carbocycles. The van der Waals surface area contributed by atoms with E-state index in [1.807, 2.05) is 23.9 Å². The third-order valence-electron chi connectivity index (χ3n) is 3.53. The van der Waals surface area contributed by atoms with Crippen molar-refractivity contribution in [1.29, 1.82) is 0 Å². The maximum atomic E-state index is 9.43. The van der Waals surface area contributed by atoms with Crippen LogP contribution in [0, 0.1) is 0 Å². The SMILES string of the molecule is Oc1cccc(Cc2nc(CSC3CCCC3)no2)c1. The van der Waals surface area contributed by atoms with Crippen LogP contribution < -0.4 is 0 Å². The molecule has 1 aliphatic carbocycles. The lowest BCUT2D eigenvalue weighted by Crippen LogP contribution is -1.96. The van der Waals surface area contributed by atoms with Crippen LogP contribution in [-0.2, 0) is 12.2 Å². The second kappa shape index (κ2) is 6.31. The van der Waals surface area contributed by atoms with Gasteiger partial charge in [-0.15, -0.1) is 0 Å². The minimum atomic E-state index is 0.263. The van der Waals surface area contributed by atoms with Crippen molar-refractivity contribution < 1.29 is 9.63 Å². The summed E-state index contributed by atoms with van der Waals surface area (Å²) in [5.74, 6) is 2.47. The second-order valence-corrected chi connectivity index (χ2v) is 6.46. The van der Waals surface area contributed by atoms with Gasteiger partial charge in [-0.3, -0.25) is 0 Å². The van der Waals surface area contributed by atoms with Gasteiger partial charge >= 0.3 is 0 Å². The first kappa shape index (κ1) is 13.5. The van der Waals surface area contributed by atoms with E-state index in [1.54, 1.807) is 12.1 Å². The molecule has 1 N–H and O–H groups in total. The molecule has 0 aliphatic heterocycles. The maximum absolute atomic E-state index is 9.43. The second-order valence-electron chi connectivity index (χ2n) is 5.17. The van der Waals surface area contributed by atoms with Gasteiger partial charge < -0.3 is 9.63 Å². The smallest absolute Gasteiger partial charge is 0.231 e. The number of phenolic OH excluding ortho intramolecular Hbond substituents is 1. The fourth-order valence-corrected chi connectivity index (χ4v) is 3.68. The number of benzene rings is 1. The van der Waals surface area contributed by atoms with Crippen molar-refractivity contribution in [3.63, 3.8) is 0 Å². The fraction of sp³-hybridized carbons (Fsp3) is 0.467. The molecule has 0 saturated heterocycles. The Morgan fingerprint density at radius 3 is 2.95 bits per heavy atom. The molecule has 106 valence electrons. The molecular formula is C15H18N2O2S. The van der Waals surface area contributed by atoms with Gasteiger partial charge in [0.15, 0.2) is 5.82 Å². The van der Waals surface area contributed by atoms with E-state index < -0.39 is 0 Å². The fourth-order valence-electron chi connectivity index (χ4n) is 2.51. The average molecular weight is 290 g/mol. The highest BCUT2D eigenvalue weighted by Gasteiger charge is 2.16. The predicted octanol–water partition coefficient (Wildman–Crippen LogP) is 3.54. The van der Waals surface area contributed by atoms with Gasteiger partial charge in [-0.1, -0.05) is 30.1 Å². The standard InChI is InChI=1S/C15H18N2O2S/c18-12-5-3-4-11(8-12)9-15-16-14(17-19-15)10-20-13-6-1-2-7-13/h3-5,8,13,18H,1-2,6-7,9-10H2. The minimum absolute atomic E-state index is 0.263. The summed E-state index contributed by atoms with van der Waals surface area (Å²) in [5.41, 5.74) is 0.976. The van der Waals surface area contributed by atoms with Crippen LogP contribution in [0.25, 0.3) is 0 Å². The number of phenols is 1. The van der Waals surface area contributed by atoms with Crippen LogP contribution >= 0.6 is 11.8 Å². The Kier molecular flexibility index (Phi) is 4.25. The van der Waals surface area contributed by atoms with Gasteiger partial charge in [0.25, 0.3) is 0 Å². The molecule has 0 radical (unpaired) electrons. The highest BCUT2D eigenvalue weighted by atomic mass is 32.2. The van der Waals surface area contributed by atoms with Crippen molar-refractivity contribution in [2.45, 2.75) is 43.1 Å². The van der Waals surface area contributed by atoms with E-state index in [4.69, 9.17) is 4.52 Å². The number of hydrogen-bond donors (Lipinski definition) is 1. The van der Waals surface area contributed by atoms with E-state index in [9.17, 15) is 5.11 Å². The van der Waals surface area contributed by atoms with Gasteiger partial charge in [0.1, 0.15) is 5.75 Å². The summed E-state index contributed by atoms with van der Waals surface area (Å²) >= 11 is 1.93. The molecule has 1 aliphatic rings. The van der Waals surface area contributed by atoms with Crippen molar-refractivity contribution in [3.05, 3.63) is 41.5 Å². The molecule has 4 nitrogen and oxygen atoms in total.